The van der Waals surface area contributed by atoms with E-state index >= 15 is 0 Å². The zero-order chi connectivity index (χ0) is 19.8. The molecule has 2 aromatic carbocycles. The SMILES string of the molecule is CCCCN(CCCC)CCCCC(=O)c1cccc2c1Cc1ccccc1-2. The number of ketones is 1. The Kier molecular flexibility index (Phi) is 7.85. The summed E-state index contributed by atoms with van der Waals surface area (Å²) in [6, 6.07) is 14.8. The number of nitrogens with zero attached hydrogens (tertiary/aromatic N) is 1. The molecular formula is C26H35NO. The Balaban J connectivity index is 1.53. The highest BCUT2D eigenvalue weighted by Crippen LogP contribution is 2.38. The second-order valence-corrected chi connectivity index (χ2v) is 8.09. The van der Waals surface area contributed by atoms with Gasteiger partial charge in [0.1, 0.15) is 0 Å². The fraction of sp³-hybridized carbons (Fsp3) is 0.500. The standard InChI is InChI=1S/C26H35NO/c1-3-5-17-27(18-6-4-2)19-10-9-16-26(28)24-15-11-14-23-22-13-8-7-12-21(22)20-25(23)24/h7-8,11-15H,3-6,9-10,16-20H2,1-2H3. The second kappa shape index (κ2) is 10.6. The van der Waals surface area contributed by atoms with Gasteiger partial charge in [0.05, 0.1) is 0 Å². The Morgan fingerprint density at radius 1 is 0.821 bits per heavy atom. The molecule has 2 nitrogen and oxygen atoms in total. The molecule has 2 heteroatoms. The van der Waals surface area contributed by atoms with Crippen LogP contribution in [0.4, 0.5) is 0 Å². The van der Waals surface area contributed by atoms with Crippen LogP contribution in [0.1, 0.15) is 80.3 Å². The Labute approximate surface area is 171 Å². The summed E-state index contributed by atoms with van der Waals surface area (Å²) < 4.78 is 0. The average Bonchev–Trinajstić information content (AvgIpc) is 3.11. The molecule has 0 saturated heterocycles. The molecule has 0 bridgehead atoms. The lowest BCUT2D eigenvalue weighted by Crippen LogP contribution is -2.27. The zero-order valence-electron chi connectivity index (χ0n) is 17.7. The molecular weight excluding hydrogens is 342 g/mol. The lowest BCUT2D eigenvalue weighted by molar-refractivity contribution is 0.0977. The van der Waals surface area contributed by atoms with Gasteiger partial charge in [0.2, 0.25) is 0 Å². The summed E-state index contributed by atoms with van der Waals surface area (Å²) in [6.07, 6.45) is 8.74. The zero-order valence-corrected chi connectivity index (χ0v) is 17.7. The van der Waals surface area contributed by atoms with Crippen LogP contribution in [0.5, 0.6) is 0 Å². The van der Waals surface area contributed by atoms with E-state index in [2.05, 4.69) is 49.1 Å². The van der Waals surface area contributed by atoms with Crippen molar-refractivity contribution in [3.63, 3.8) is 0 Å². The molecule has 0 heterocycles. The van der Waals surface area contributed by atoms with Crippen LogP contribution in [-0.2, 0) is 6.42 Å². The quantitative estimate of drug-likeness (QED) is 0.265. The summed E-state index contributed by atoms with van der Waals surface area (Å²) in [5.74, 6) is 0.318. The maximum atomic E-state index is 12.9. The first-order valence-corrected chi connectivity index (χ1v) is 11.2. The van der Waals surface area contributed by atoms with Crippen LogP contribution < -0.4 is 0 Å². The van der Waals surface area contributed by atoms with Gasteiger partial charge in [-0.1, -0.05) is 69.2 Å². The molecule has 150 valence electrons. The van der Waals surface area contributed by atoms with E-state index in [0.717, 1.165) is 31.4 Å². The van der Waals surface area contributed by atoms with Crippen molar-refractivity contribution < 1.29 is 4.79 Å². The Bertz CT molecular complexity index is 772. The minimum absolute atomic E-state index is 0.318. The molecule has 0 fully saturated rings. The summed E-state index contributed by atoms with van der Waals surface area (Å²) in [7, 11) is 0. The maximum absolute atomic E-state index is 12.9. The van der Waals surface area contributed by atoms with Crippen LogP contribution in [0.2, 0.25) is 0 Å². The van der Waals surface area contributed by atoms with Crippen molar-refractivity contribution in [1.29, 1.82) is 0 Å². The van der Waals surface area contributed by atoms with Gasteiger partial charge < -0.3 is 4.90 Å². The lowest BCUT2D eigenvalue weighted by Gasteiger charge is -2.21. The summed E-state index contributed by atoms with van der Waals surface area (Å²) in [4.78, 5) is 15.5. The number of benzene rings is 2. The van der Waals surface area contributed by atoms with E-state index in [-0.39, 0.29) is 0 Å². The predicted octanol–water partition coefficient (Wildman–Crippen LogP) is 6.51. The molecule has 0 atom stereocenters. The van der Waals surface area contributed by atoms with Gasteiger partial charge in [-0.05, 0) is 74.0 Å². The molecule has 3 rings (SSSR count). The minimum atomic E-state index is 0.318. The molecule has 0 amide bonds. The predicted molar refractivity (Wildman–Crippen MR) is 119 cm³/mol. The molecule has 0 spiro atoms. The van der Waals surface area contributed by atoms with Crippen molar-refractivity contribution >= 4 is 5.78 Å². The highest BCUT2D eigenvalue weighted by Gasteiger charge is 2.22. The van der Waals surface area contributed by atoms with E-state index in [1.807, 2.05) is 12.1 Å². The van der Waals surface area contributed by atoms with Crippen LogP contribution in [-0.4, -0.2) is 30.3 Å². The molecule has 0 unspecified atom stereocenters. The van der Waals surface area contributed by atoms with Crippen LogP contribution in [0, 0.1) is 0 Å². The number of rotatable bonds is 12. The average molecular weight is 378 g/mol. The van der Waals surface area contributed by atoms with Crippen molar-refractivity contribution in [3.8, 4) is 11.1 Å². The van der Waals surface area contributed by atoms with E-state index in [9.17, 15) is 4.79 Å². The second-order valence-electron chi connectivity index (χ2n) is 8.09. The summed E-state index contributed by atoms with van der Waals surface area (Å²) in [5.41, 5.74) is 6.09. The Hall–Kier alpha value is -1.93. The number of hydrogen-bond donors (Lipinski definition) is 0. The van der Waals surface area contributed by atoms with Crippen molar-refractivity contribution in [2.75, 3.05) is 19.6 Å². The van der Waals surface area contributed by atoms with Gasteiger partial charge in [-0.2, -0.15) is 0 Å². The van der Waals surface area contributed by atoms with E-state index in [4.69, 9.17) is 0 Å². The first-order chi connectivity index (χ1) is 13.7. The van der Waals surface area contributed by atoms with Gasteiger partial charge in [-0.25, -0.2) is 0 Å². The molecule has 0 aliphatic heterocycles. The number of carbonyl (C=O) groups excluding carboxylic acids is 1. The largest absolute Gasteiger partial charge is 0.303 e. The Morgan fingerprint density at radius 3 is 2.25 bits per heavy atom. The molecule has 0 saturated carbocycles. The van der Waals surface area contributed by atoms with Crippen LogP contribution >= 0.6 is 0 Å². The van der Waals surface area contributed by atoms with Crippen LogP contribution in [0.25, 0.3) is 11.1 Å². The number of unbranched alkanes of at least 4 members (excludes halogenated alkanes) is 3. The minimum Gasteiger partial charge on any atom is -0.303 e. The maximum Gasteiger partial charge on any atom is 0.163 e. The van der Waals surface area contributed by atoms with Gasteiger partial charge in [0, 0.05) is 12.0 Å². The molecule has 1 aliphatic carbocycles. The summed E-state index contributed by atoms with van der Waals surface area (Å²) in [6.45, 7) is 8.05. The fourth-order valence-electron chi connectivity index (χ4n) is 4.27. The molecule has 28 heavy (non-hydrogen) atoms. The topological polar surface area (TPSA) is 20.3 Å². The molecule has 1 aliphatic rings. The monoisotopic (exact) mass is 377 g/mol. The van der Waals surface area contributed by atoms with Crippen molar-refractivity contribution in [1.82, 2.24) is 4.90 Å². The highest BCUT2D eigenvalue weighted by molar-refractivity contribution is 6.00. The molecule has 2 aromatic rings. The fourth-order valence-corrected chi connectivity index (χ4v) is 4.27. The first-order valence-electron chi connectivity index (χ1n) is 11.2. The van der Waals surface area contributed by atoms with E-state index in [1.165, 1.54) is 61.0 Å². The lowest BCUT2D eigenvalue weighted by atomic mass is 9.96. The van der Waals surface area contributed by atoms with Gasteiger partial charge in [0.15, 0.2) is 5.78 Å². The van der Waals surface area contributed by atoms with E-state index in [0.29, 0.717) is 12.2 Å². The normalized spacial score (nSPS) is 12.2. The summed E-state index contributed by atoms with van der Waals surface area (Å²) in [5, 5.41) is 0. The highest BCUT2D eigenvalue weighted by atomic mass is 16.1. The van der Waals surface area contributed by atoms with Crippen LogP contribution in [0.15, 0.2) is 42.5 Å². The van der Waals surface area contributed by atoms with Gasteiger partial charge >= 0.3 is 0 Å². The molecule has 0 aromatic heterocycles. The smallest absolute Gasteiger partial charge is 0.163 e. The first kappa shape index (κ1) is 20.8. The van der Waals surface area contributed by atoms with Gasteiger partial charge in [-0.3, -0.25) is 4.79 Å². The number of carbonyl (C=O) groups is 1. The molecule has 0 N–H and O–H groups in total. The van der Waals surface area contributed by atoms with Gasteiger partial charge in [0.25, 0.3) is 0 Å². The third-order valence-electron chi connectivity index (χ3n) is 5.94. The van der Waals surface area contributed by atoms with Crippen LogP contribution in [0.3, 0.4) is 0 Å². The van der Waals surface area contributed by atoms with E-state index < -0.39 is 0 Å². The number of Topliss-reactive ketones (excluding diaryl/α,β-unsaturated/α-hetero) is 1. The van der Waals surface area contributed by atoms with E-state index in [1.54, 1.807) is 0 Å². The van der Waals surface area contributed by atoms with Gasteiger partial charge in [-0.15, -0.1) is 0 Å². The number of fused-ring (bicyclic) bond motifs is 3. The number of hydrogen-bond acceptors (Lipinski definition) is 2. The molecule has 0 radical (unpaired) electrons. The van der Waals surface area contributed by atoms with Crippen molar-refractivity contribution in [2.24, 2.45) is 0 Å². The van der Waals surface area contributed by atoms with Crippen molar-refractivity contribution in [2.45, 2.75) is 65.2 Å². The third-order valence-corrected chi connectivity index (χ3v) is 5.94. The third kappa shape index (κ3) is 5.11. The summed E-state index contributed by atoms with van der Waals surface area (Å²) >= 11 is 0. The Morgan fingerprint density at radius 2 is 1.50 bits per heavy atom. The van der Waals surface area contributed by atoms with Crippen molar-refractivity contribution in [3.05, 3.63) is 59.2 Å².